The van der Waals surface area contributed by atoms with Gasteiger partial charge in [-0.3, -0.25) is 9.80 Å². The molecule has 1 aliphatic rings. The molecule has 1 aromatic heterocycles. The van der Waals surface area contributed by atoms with Crippen molar-refractivity contribution in [2.45, 2.75) is 13.0 Å². The first-order valence-corrected chi connectivity index (χ1v) is 6.85. The molecule has 6 heteroatoms. The Morgan fingerprint density at radius 2 is 2.06 bits per heavy atom. The van der Waals surface area contributed by atoms with Crippen LogP contribution >= 0.6 is 11.3 Å². The van der Waals surface area contributed by atoms with Crippen molar-refractivity contribution in [2.24, 2.45) is 0 Å². The summed E-state index contributed by atoms with van der Waals surface area (Å²) in [5, 5.41) is 9.59. The first-order valence-electron chi connectivity index (χ1n) is 6.03. The first kappa shape index (κ1) is 12.8. The van der Waals surface area contributed by atoms with E-state index in [1.54, 1.807) is 11.3 Å². The molecule has 2 rings (SSSR count). The fourth-order valence-corrected chi connectivity index (χ4v) is 2.89. The quantitative estimate of drug-likeness (QED) is 0.807. The van der Waals surface area contributed by atoms with Gasteiger partial charge in [-0.2, -0.15) is 0 Å². The van der Waals surface area contributed by atoms with Crippen LogP contribution < -0.4 is 5.73 Å². The van der Waals surface area contributed by atoms with E-state index in [-0.39, 0.29) is 6.61 Å². The van der Waals surface area contributed by atoms with E-state index in [4.69, 9.17) is 10.8 Å². The molecule has 0 radical (unpaired) electrons. The van der Waals surface area contributed by atoms with Crippen LogP contribution in [0.25, 0.3) is 0 Å². The molecule has 17 heavy (non-hydrogen) atoms. The Kier molecular flexibility index (Phi) is 4.73. The summed E-state index contributed by atoms with van der Waals surface area (Å²) < 4.78 is 0. The van der Waals surface area contributed by atoms with Crippen LogP contribution in [0.3, 0.4) is 0 Å². The highest BCUT2D eigenvalue weighted by Crippen LogP contribution is 2.17. The highest BCUT2D eigenvalue weighted by Gasteiger charge is 2.15. The Bertz CT molecular complexity index is 344. The van der Waals surface area contributed by atoms with Crippen molar-refractivity contribution in [1.82, 2.24) is 14.8 Å². The number of rotatable bonds is 4. The Balaban J connectivity index is 1.82. The van der Waals surface area contributed by atoms with Gasteiger partial charge in [-0.05, 0) is 19.5 Å². The van der Waals surface area contributed by atoms with E-state index in [0.29, 0.717) is 5.13 Å². The third-order valence-electron chi connectivity index (χ3n) is 3.05. The largest absolute Gasteiger partial charge is 0.395 e. The van der Waals surface area contributed by atoms with E-state index in [0.717, 1.165) is 45.7 Å². The Morgan fingerprint density at radius 3 is 2.76 bits per heavy atom. The lowest BCUT2D eigenvalue weighted by molar-refractivity contribution is 0.196. The second-order valence-electron chi connectivity index (χ2n) is 4.36. The van der Waals surface area contributed by atoms with Gasteiger partial charge < -0.3 is 10.8 Å². The lowest BCUT2D eigenvalue weighted by Crippen LogP contribution is -2.32. The minimum absolute atomic E-state index is 0.255. The van der Waals surface area contributed by atoms with Crippen LogP contribution in [0.5, 0.6) is 0 Å². The van der Waals surface area contributed by atoms with E-state index in [1.807, 2.05) is 6.20 Å². The summed E-state index contributed by atoms with van der Waals surface area (Å²) in [5.74, 6) is 0. The smallest absolute Gasteiger partial charge is 0.180 e. The van der Waals surface area contributed by atoms with Crippen molar-refractivity contribution in [1.29, 1.82) is 0 Å². The van der Waals surface area contributed by atoms with Crippen LogP contribution in [-0.2, 0) is 6.54 Å². The van der Waals surface area contributed by atoms with Gasteiger partial charge in [-0.1, -0.05) is 0 Å². The first-order chi connectivity index (χ1) is 8.28. The van der Waals surface area contributed by atoms with E-state index in [1.165, 1.54) is 4.88 Å². The fourth-order valence-electron chi connectivity index (χ4n) is 2.16. The predicted octanol–water partition coefficient (Wildman–Crippen LogP) is 0.225. The number of nitrogens with zero attached hydrogens (tertiary/aromatic N) is 3. The van der Waals surface area contributed by atoms with Gasteiger partial charge in [0.1, 0.15) is 0 Å². The molecule has 0 amide bonds. The standard InChI is InChI=1S/C11H20N4OS/c12-11-13-8-10(17-11)9-15-3-1-2-14(4-5-15)6-7-16/h8,16H,1-7,9H2,(H2,12,13). The number of nitrogen functional groups attached to an aromatic ring is 1. The van der Waals surface area contributed by atoms with Gasteiger partial charge >= 0.3 is 0 Å². The zero-order valence-electron chi connectivity index (χ0n) is 10.0. The maximum absolute atomic E-state index is 8.94. The van der Waals surface area contributed by atoms with Crippen molar-refractivity contribution in [3.8, 4) is 0 Å². The minimum Gasteiger partial charge on any atom is -0.395 e. The average molecular weight is 256 g/mol. The van der Waals surface area contributed by atoms with Crippen molar-refractivity contribution < 1.29 is 5.11 Å². The van der Waals surface area contributed by atoms with Crippen LogP contribution in [-0.4, -0.2) is 59.2 Å². The van der Waals surface area contributed by atoms with Crippen LogP contribution in [0.15, 0.2) is 6.20 Å². The number of hydrogen-bond donors (Lipinski definition) is 2. The average Bonchev–Trinajstić information content (AvgIpc) is 2.58. The van der Waals surface area contributed by atoms with E-state index < -0.39 is 0 Å². The fraction of sp³-hybridized carbons (Fsp3) is 0.727. The van der Waals surface area contributed by atoms with Crippen molar-refractivity contribution in [3.05, 3.63) is 11.1 Å². The molecule has 0 spiro atoms. The molecule has 3 N–H and O–H groups in total. The molecule has 5 nitrogen and oxygen atoms in total. The van der Waals surface area contributed by atoms with E-state index in [9.17, 15) is 0 Å². The molecule has 0 unspecified atom stereocenters. The molecule has 0 saturated carbocycles. The summed E-state index contributed by atoms with van der Waals surface area (Å²) in [6.07, 6.45) is 3.03. The monoisotopic (exact) mass is 256 g/mol. The van der Waals surface area contributed by atoms with Gasteiger partial charge in [-0.15, -0.1) is 11.3 Å². The number of anilines is 1. The lowest BCUT2D eigenvalue weighted by atomic mass is 10.3. The summed E-state index contributed by atoms with van der Waals surface area (Å²) in [5.41, 5.74) is 5.63. The number of hydrogen-bond acceptors (Lipinski definition) is 6. The van der Waals surface area contributed by atoms with Crippen molar-refractivity contribution in [3.63, 3.8) is 0 Å². The SMILES string of the molecule is Nc1ncc(CN2CCCN(CCO)CC2)s1. The van der Waals surface area contributed by atoms with Crippen LogP contribution in [0, 0.1) is 0 Å². The predicted molar refractivity (Wildman–Crippen MR) is 69.9 cm³/mol. The number of nitrogens with two attached hydrogens (primary N) is 1. The summed E-state index contributed by atoms with van der Waals surface area (Å²) >= 11 is 1.57. The normalized spacial score (nSPS) is 19.4. The van der Waals surface area contributed by atoms with Gasteiger partial charge in [0.05, 0.1) is 6.61 Å². The maximum Gasteiger partial charge on any atom is 0.180 e. The third kappa shape index (κ3) is 3.92. The maximum atomic E-state index is 8.94. The molecular weight excluding hydrogens is 236 g/mol. The van der Waals surface area contributed by atoms with Gasteiger partial charge in [0.15, 0.2) is 5.13 Å². The summed E-state index contributed by atoms with van der Waals surface area (Å²) in [7, 11) is 0. The van der Waals surface area contributed by atoms with Crippen LogP contribution in [0.4, 0.5) is 5.13 Å². The van der Waals surface area contributed by atoms with Gasteiger partial charge in [0.2, 0.25) is 0 Å². The van der Waals surface area contributed by atoms with Crippen LogP contribution in [0.2, 0.25) is 0 Å². The number of thiazole rings is 1. The Morgan fingerprint density at radius 1 is 1.29 bits per heavy atom. The molecule has 0 aromatic carbocycles. The van der Waals surface area contributed by atoms with Crippen molar-refractivity contribution >= 4 is 16.5 Å². The van der Waals surface area contributed by atoms with Gasteiger partial charge in [0.25, 0.3) is 0 Å². The van der Waals surface area contributed by atoms with Crippen LogP contribution in [0.1, 0.15) is 11.3 Å². The topological polar surface area (TPSA) is 65.6 Å². The van der Waals surface area contributed by atoms with Gasteiger partial charge in [-0.25, -0.2) is 4.98 Å². The van der Waals surface area contributed by atoms with E-state index >= 15 is 0 Å². The summed E-state index contributed by atoms with van der Waals surface area (Å²) in [6, 6.07) is 0. The summed E-state index contributed by atoms with van der Waals surface area (Å²) in [6.45, 7) is 6.28. The molecule has 1 saturated heterocycles. The molecule has 1 aromatic rings. The Hall–Kier alpha value is -0.690. The van der Waals surface area contributed by atoms with Gasteiger partial charge in [0, 0.05) is 37.3 Å². The third-order valence-corrected chi connectivity index (χ3v) is 3.86. The second-order valence-corrected chi connectivity index (χ2v) is 5.51. The number of aromatic nitrogens is 1. The molecular formula is C11H20N4OS. The highest BCUT2D eigenvalue weighted by atomic mass is 32.1. The molecule has 96 valence electrons. The lowest BCUT2D eigenvalue weighted by Gasteiger charge is -2.20. The summed E-state index contributed by atoms with van der Waals surface area (Å²) in [4.78, 5) is 10.1. The van der Waals surface area contributed by atoms with E-state index in [2.05, 4.69) is 14.8 Å². The molecule has 0 aliphatic carbocycles. The number of β-amino-alcohol motifs (C(OH)–C–C–N with tert-alkyl or cyclic N) is 1. The molecule has 0 bridgehead atoms. The molecule has 2 heterocycles. The number of aliphatic hydroxyl groups is 1. The Labute approximate surface area is 106 Å². The molecule has 1 aliphatic heterocycles. The number of aliphatic hydroxyl groups excluding tert-OH is 1. The zero-order valence-corrected chi connectivity index (χ0v) is 10.8. The van der Waals surface area contributed by atoms with Crippen molar-refractivity contribution in [2.75, 3.05) is 45.1 Å². The second kappa shape index (κ2) is 6.30. The molecule has 0 atom stereocenters. The highest BCUT2D eigenvalue weighted by molar-refractivity contribution is 7.15. The zero-order chi connectivity index (χ0) is 12.1. The minimum atomic E-state index is 0.255. The molecule has 1 fully saturated rings.